The lowest BCUT2D eigenvalue weighted by atomic mass is 10.1. The number of hydrogen-bond acceptors (Lipinski definition) is 3. The van der Waals surface area contributed by atoms with Crippen molar-refractivity contribution in [3.05, 3.63) is 28.2 Å². The van der Waals surface area contributed by atoms with E-state index in [2.05, 4.69) is 15.9 Å². The Hall–Kier alpha value is -1.28. The van der Waals surface area contributed by atoms with Crippen LogP contribution in [-0.2, 0) is 11.0 Å². The molecule has 0 aromatic heterocycles. The number of halogens is 4. The number of amides is 1. The van der Waals surface area contributed by atoms with Crippen LogP contribution in [0.15, 0.2) is 22.7 Å². The molecule has 0 radical (unpaired) electrons. The maximum Gasteiger partial charge on any atom is 0.418 e. The Morgan fingerprint density at radius 3 is 2.43 bits per heavy atom. The molecule has 128 valence electrons. The van der Waals surface area contributed by atoms with Crippen LogP contribution in [0.5, 0.6) is 0 Å². The van der Waals surface area contributed by atoms with E-state index in [9.17, 15) is 18.0 Å². The molecule has 2 rings (SSSR count). The van der Waals surface area contributed by atoms with Gasteiger partial charge in [-0.05, 0) is 24.6 Å². The summed E-state index contributed by atoms with van der Waals surface area (Å²) in [4.78, 5) is 15.3. The third-order valence-corrected chi connectivity index (χ3v) is 4.45. The van der Waals surface area contributed by atoms with Gasteiger partial charge in [-0.3, -0.25) is 4.79 Å². The summed E-state index contributed by atoms with van der Waals surface area (Å²) in [5.41, 5.74) is 5.21. The lowest BCUT2D eigenvalue weighted by Gasteiger charge is -2.38. The van der Waals surface area contributed by atoms with E-state index in [1.807, 2.05) is 6.92 Å². The Morgan fingerprint density at radius 2 is 1.91 bits per heavy atom. The first-order valence-corrected chi connectivity index (χ1v) is 8.19. The van der Waals surface area contributed by atoms with E-state index >= 15 is 0 Å². The van der Waals surface area contributed by atoms with Gasteiger partial charge in [0.25, 0.3) is 0 Å². The van der Waals surface area contributed by atoms with Crippen molar-refractivity contribution >= 4 is 27.5 Å². The van der Waals surface area contributed by atoms with Gasteiger partial charge in [0.15, 0.2) is 0 Å². The number of carbonyl (C=O) groups excluding carboxylic acids is 1. The largest absolute Gasteiger partial charge is 0.418 e. The average Bonchev–Trinajstić information content (AvgIpc) is 2.52. The molecular formula is C15H19BrF3N3O. The second kappa shape index (κ2) is 7.09. The maximum absolute atomic E-state index is 13.2. The van der Waals surface area contributed by atoms with Crippen molar-refractivity contribution in [3.8, 4) is 0 Å². The van der Waals surface area contributed by atoms with Gasteiger partial charge in [-0.15, -0.1) is 0 Å². The minimum atomic E-state index is -4.42. The first kappa shape index (κ1) is 18.1. The fourth-order valence-corrected chi connectivity index (χ4v) is 2.95. The minimum absolute atomic E-state index is 0.140. The van der Waals surface area contributed by atoms with E-state index in [1.54, 1.807) is 15.9 Å². The Labute approximate surface area is 141 Å². The van der Waals surface area contributed by atoms with E-state index in [0.717, 1.165) is 6.07 Å². The summed E-state index contributed by atoms with van der Waals surface area (Å²) in [5, 5.41) is 0. The number of anilines is 1. The zero-order chi connectivity index (χ0) is 17.2. The quantitative estimate of drug-likeness (QED) is 0.858. The summed E-state index contributed by atoms with van der Waals surface area (Å²) in [6.45, 7) is 3.29. The van der Waals surface area contributed by atoms with Crippen molar-refractivity contribution in [2.24, 2.45) is 5.73 Å². The zero-order valence-electron chi connectivity index (χ0n) is 12.7. The smallest absolute Gasteiger partial charge is 0.367 e. The number of benzene rings is 1. The monoisotopic (exact) mass is 393 g/mol. The molecule has 1 amide bonds. The second-order valence-corrected chi connectivity index (χ2v) is 6.40. The number of nitrogens with two attached hydrogens (primary N) is 1. The van der Waals surface area contributed by atoms with E-state index in [4.69, 9.17) is 5.73 Å². The molecule has 23 heavy (non-hydrogen) atoms. The van der Waals surface area contributed by atoms with Gasteiger partial charge in [-0.1, -0.05) is 22.9 Å². The fraction of sp³-hybridized carbons (Fsp3) is 0.533. The Bertz CT molecular complexity index is 572. The molecule has 1 aliphatic heterocycles. The van der Waals surface area contributed by atoms with Gasteiger partial charge in [0.2, 0.25) is 5.91 Å². The van der Waals surface area contributed by atoms with Gasteiger partial charge in [0.05, 0.1) is 11.6 Å². The van der Waals surface area contributed by atoms with Crippen LogP contribution < -0.4 is 10.6 Å². The van der Waals surface area contributed by atoms with E-state index in [0.29, 0.717) is 37.1 Å². The summed E-state index contributed by atoms with van der Waals surface area (Å²) in [6, 6.07) is 3.59. The third kappa shape index (κ3) is 4.17. The Kier molecular flexibility index (Phi) is 5.57. The molecular weight excluding hydrogens is 375 g/mol. The predicted octanol–water partition coefficient (Wildman–Crippen LogP) is 2.85. The van der Waals surface area contributed by atoms with Gasteiger partial charge in [-0.25, -0.2) is 0 Å². The van der Waals surface area contributed by atoms with Crippen LogP contribution in [0.1, 0.15) is 18.9 Å². The number of nitrogens with zero attached hydrogens (tertiary/aromatic N) is 2. The highest BCUT2D eigenvalue weighted by atomic mass is 79.9. The topological polar surface area (TPSA) is 49.6 Å². The number of alkyl halides is 3. The van der Waals surface area contributed by atoms with Crippen LogP contribution >= 0.6 is 15.9 Å². The predicted molar refractivity (Wildman–Crippen MR) is 86.2 cm³/mol. The summed E-state index contributed by atoms with van der Waals surface area (Å²) in [5.74, 6) is -0.140. The SMILES string of the molecule is CC[C@H](N)C(=O)N1CCN(c2ccc(Br)cc2C(F)(F)F)CC1. The fourth-order valence-electron chi connectivity index (χ4n) is 2.59. The van der Waals surface area contributed by atoms with Gasteiger partial charge >= 0.3 is 6.18 Å². The first-order valence-electron chi connectivity index (χ1n) is 7.40. The summed E-state index contributed by atoms with van der Waals surface area (Å²) >= 11 is 3.08. The summed E-state index contributed by atoms with van der Waals surface area (Å²) in [7, 11) is 0. The van der Waals surface area contributed by atoms with Crippen LogP contribution in [0.2, 0.25) is 0 Å². The molecule has 1 saturated heterocycles. The summed E-state index contributed by atoms with van der Waals surface area (Å²) in [6.07, 6.45) is -3.87. The summed E-state index contributed by atoms with van der Waals surface area (Å²) < 4.78 is 40.0. The van der Waals surface area contributed by atoms with Crippen molar-refractivity contribution < 1.29 is 18.0 Å². The molecule has 8 heteroatoms. The maximum atomic E-state index is 13.2. The van der Waals surface area contributed by atoms with Crippen molar-refractivity contribution in [1.82, 2.24) is 4.90 Å². The van der Waals surface area contributed by atoms with Crippen molar-refractivity contribution in [3.63, 3.8) is 0 Å². The van der Waals surface area contributed by atoms with Crippen molar-refractivity contribution in [2.45, 2.75) is 25.6 Å². The average molecular weight is 394 g/mol. The van der Waals surface area contributed by atoms with Crippen LogP contribution in [0.25, 0.3) is 0 Å². The molecule has 0 aliphatic carbocycles. The minimum Gasteiger partial charge on any atom is -0.367 e. The lowest BCUT2D eigenvalue weighted by Crippen LogP contribution is -2.53. The Morgan fingerprint density at radius 1 is 1.30 bits per heavy atom. The van der Waals surface area contributed by atoms with Crippen LogP contribution in [0, 0.1) is 0 Å². The molecule has 2 N–H and O–H groups in total. The molecule has 4 nitrogen and oxygen atoms in total. The molecule has 0 saturated carbocycles. The highest BCUT2D eigenvalue weighted by molar-refractivity contribution is 9.10. The van der Waals surface area contributed by atoms with E-state index in [-0.39, 0.29) is 11.6 Å². The molecule has 1 heterocycles. The van der Waals surface area contributed by atoms with Crippen molar-refractivity contribution in [1.29, 1.82) is 0 Å². The molecule has 1 atom stereocenters. The number of rotatable bonds is 3. The first-order chi connectivity index (χ1) is 10.7. The van der Waals surface area contributed by atoms with Gasteiger partial charge in [-0.2, -0.15) is 13.2 Å². The molecule has 1 aliphatic rings. The van der Waals surface area contributed by atoms with Gasteiger partial charge in [0, 0.05) is 36.3 Å². The lowest BCUT2D eigenvalue weighted by molar-refractivity contribution is -0.137. The number of piperazine rings is 1. The number of carbonyl (C=O) groups is 1. The van der Waals surface area contributed by atoms with Crippen molar-refractivity contribution in [2.75, 3.05) is 31.1 Å². The van der Waals surface area contributed by atoms with E-state index in [1.165, 1.54) is 6.07 Å². The van der Waals surface area contributed by atoms with Crippen LogP contribution in [0.3, 0.4) is 0 Å². The van der Waals surface area contributed by atoms with Gasteiger partial charge < -0.3 is 15.5 Å². The molecule has 0 spiro atoms. The van der Waals surface area contributed by atoms with E-state index < -0.39 is 17.8 Å². The molecule has 1 aromatic rings. The second-order valence-electron chi connectivity index (χ2n) is 5.49. The highest BCUT2D eigenvalue weighted by Gasteiger charge is 2.36. The van der Waals surface area contributed by atoms with Crippen LogP contribution in [-0.4, -0.2) is 43.0 Å². The highest BCUT2D eigenvalue weighted by Crippen LogP contribution is 2.38. The molecule has 0 bridgehead atoms. The van der Waals surface area contributed by atoms with Gasteiger partial charge in [0.1, 0.15) is 0 Å². The standard InChI is InChI=1S/C15H19BrF3N3O/c1-2-12(20)14(23)22-7-5-21(6-8-22)13-4-3-10(16)9-11(13)15(17,18)19/h3-4,9,12H,2,5-8,20H2,1H3/t12-/m0/s1. The zero-order valence-corrected chi connectivity index (χ0v) is 14.3. The number of hydrogen-bond donors (Lipinski definition) is 1. The Balaban J connectivity index is 2.13. The molecule has 0 unspecified atom stereocenters. The third-order valence-electron chi connectivity index (χ3n) is 3.95. The molecule has 1 aromatic carbocycles. The van der Waals surface area contributed by atoms with Crippen LogP contribution in [0.4, 0.5) is 18.9 Å². The molecule has 1 fully saturated rings. The normalized spacial score (nSPS) is 17.3.